The Morgan fingerprint density at radius 1 is 1.35 bits per heavy atom. The predicted molar refractivity (Wildman–Crippen MR) is 64.0 cm³/mol. The molecule has 1 fully saturated rings. The first-order valence-corrected chi connectivity index (χ1v) is 5.84. The van der Waals surface area contributed by atoms with Crippen molar-refractivity contribution in [1.29, 1.82) is 0 Å². The Morgan fingerprint density at radius 2 is 2.20 bits per heavy atom. The average Bonchev–Trinajstić information content (AvgIpc) is 2.98. The van der Waals surface area contributed by atoms with Crippen molar-refractivity contribution >= 4 is 11.9 Å². The van der Waals surface area contributed by atoms with Gasteiger partial charge in [-0.3, -0.25) is 10.1 Å². The molecule has 1 N–H and O–H groups in total. The molecule has 3 heterocycles. The fraction of sp³-hybridized carbons (Fsp3) is 0.273. The molecule has 1 aliphatic heterocycles. The first-order valence-electron chi connectivity index (χ1n) is 5.84. The largest absolute Gasteiger partial charge is 0.337 e. The van der Waals surface area contributed by atoms with Gasteiger partial charge in [-0.15, -0.1) is 5.10 Å². The van der Waals surface area contributed by atoms with E-state index >= 15 is 0 Å². The van der Waals surface area contributed by atoms with Crippen LogP contribution in [0.15, 0.2) is 16.7 Å². The van der Waals surface area contributed by atoms with Crippen LogP contribution in [0.25, 0.3) is 11.5 Å². The number of amides is 3. The first-order chi connectivity index (χ1) is 9.61. The van der Waals surface area contributed by atoms with Crippen LogP contribution in [0.3, 0.4) is 0 Å². The third-order valence-electron chi connectivity index (χ3n) is 2.69. The summed E-state index contributed by atoms with van der Waals surface area (Å²) in [4.78, 5) is 27.8. The number of hydrogen-bond acceptors (Lipinski definition) is 7. The highest BCUT2D eigenvalue weighted by Gasteiger charge is 2.28. The third kappa shape index (κ3) is 2.32. The molecular weight excluding hydrogens is 264 g/mol. The lowest BCUT2D eigenvalue weighted by molar-refractivity contribution is -0.118. The van der Waals surface area contributed by atoms with Crippen LogP contribution in [-0.4, -0.2) is 43.7 Å². The second kappa shape index (κ2) is 4.68. The lowest BCUT2D eigenvalue weighted by Gasteiger charge is -2.08. The normalized spacial score (nSPS) is 14.8. The summed E-state index contributed by atoms with van der Waals surface area (Å²) in [5.74, 6) is 0.171. The van der Waals surface area contributed by atoms with Gasteiger partial charge in [0.05, 0.1) is 5.69 Å². The second-order valence-electron chi connectivity index (χ2n) is 4.28. The summed E-state index contributed by atoms with van der Waals surface area (Å²) in [6.45, 7) is 1.88. The van der Waals surface area contributed by atoms with Crippen molar-refractivity contribution in [3.8, 4) is 11.5 Å². The van der Waals surface area contributed by atoms with Gasteiger partial charge in [-0.2, -0.15) is 10.1 Å². The van der Waals surface area contributed by atoms with E-state index < -0.39 is 6.03 Å². The van der Waals surface area contributed by atoms with E-state index in [4.69, 9.17) is 4.52 Å². The minimum Gasteiger partial charge on any atom is -0.337 e. The number of rotatable bonds is 3. The zero-order valence-electron chi connectivity index (χ0n) is 10.5. The van der Waals surface area contributed by atoms with Gasteiger partial charge in [0, 0.05) is 0 Å². The molecule has 0 atom stereocenters. The first kappa shape index (κ1) is 12.2. The second-order valence-corrected chi connectivity index (χ2v) is 4.28. The summed E-state index contributed by atoms with van der Waals surface area (Å²) in [5, 5.41) is 13.8. The molecule has 9 heteroatoms. The molecule has 0 aliphatic carbocycles. The fourth-order valence-corrected chi connectivity index (χ4v) is 1.72. The summed E-state index contributed by atoms with van der Waals surface area (Å²) in [6, 6.07) is 3.04. The van der Waals surface area contributed by atoms with Crippen LogP contribution in [0.4, 0.5) is 4.79 Å². The van der Waals surface area contributed by atoms with E-state index in [0.717, 1.165) is 5.69 Å². The van der Waals surface area contributed by atoms with Crippen molar-refractivity contribution in [3.63, 3.8) is 0 Å². The third-order valence-corrected chi connectivity index (χ3v) is 2.69. The molecule has 20 heavy (non-hydrogen) atoms. The van der Waals surface area contributed by atoms with Crippen LogP contribution < -0.4 is 5.32 Å². The molecule has 3 rings (SSSR count). The number of hydrogen-bond donors (Lipinski definition) is 1. The summed E-state index contributed by atoms with van der Waals surface area (Å²) < 4.78 is 5.03. The molecule has 2 aromatic heterocycles. The van der Waals surface area contributed by atoms with Crippen LogP contribution in [-0.2, 0) is 11.3 Å². The Kier molecular flexibility index (Phi) is 2.86. The molecule has 0 bridgehead atoms. The van der Waals surface area contributed by atoms with Crippen LogP contribution in [0.5, 0.6) is 0 Å². The predicted octanol–water partition coefficient (Wildman–Crippen LogP) is -0.113. The Balaban J connectivity index is 1.75. The smallest absolute Gasteiger partial charge is 0.325 e. The number of carbonyl (C=O) groups is 2. The molecule has 0 spiro atoms. The van der Waals surface area contributed by atoms with E-state index in [2.05, 4.69) is 25.7 Å². The molecular formula is C11H10N6O3. The average molecular weight is 274 g/mol. The topological polar surface area (TPSA) is 114 Å². The highest BCUT2D eigenvalue weighted by atomic mass is 16.5. The lowest BCUT2D eigenvalue weighted by Crippen LogP contribution is -2.27. The summed E-state index contributed by atoms with van der Waals surface area (Å²) >= 11 is 0. The molecule has 0 unspecified atom stereocenters. The summed E-state index contributed by atoms with van der Waals surface area (Å²) in [6.07, 6.45) is 0. The van der Waals surface area contributed by atoms with Crippen molar-refractivity contribution in [3.05, 3.63) is 23.7 Å². The van der Waals surface area contributed by atoms with Crippen molar-refractivity contribution in [2.45, 2.75) is 13.5 Å². The van der Waals surface area contributed by atoms with Gasteiger partial charge in [0.1, 0.15) is 18.8 Å². The van der Waals surface area contributed by atoms with Gasteiger partial charge in [0.2, 0.25) is 17.6 Å². The standard InChI is InChI=1S/C11H10N6O3/c1-6-2-3-7(15-14-6)10-13-9(20-16-10)5-17-4-8(18)12-11(17)19/h2-3H,4-5H2,1H3,(H,12,18,19). The Bertz CT molecular complexity index is 665. The SMILES string of the molecule is Cc1ccc(-c2noc(CN3CC(=O)NC3=O)n2)nn1. The van der Waals surface area contributed by atoms with Crippen molar-refractivity contribution in [2.75, 3.05) is 6.54 Å². The van der Waals surface area contributed by atoms with Crippen LogP contribution in [0.1, 0.15) is 11.6 Å². The van der Waals surface area contributed by atoms with Gasteiger partial charge in [0.25, 0.3) is 0 Å². The molecule has 0 saturated carbocycles. The van der Waals surface area contributed by atoms with Crippen LogP contribution in [0.2, 0.25) is 0 Å². The van der Waals surface area contributed by atoms with Gasteiger partial charge < -0.3 is 9.42 Å². The minimum atomic E-state index is -0.468. The van der Waals surface area contributed by atoms with E-state index in [1.54, 1.807) is 12.1 Å². The fourth-order valence-electron chi connectivity index (χ4n) is 1.72. The number of carbonyl (C=O) groups excluding carboxylic acids is 2. The highest BCUT2D eigenvalue weighted by Crippen LogP contribution is 2.13. The number of nitrogens with one attached hydrogen (secondary N) is 1. The number of aromatic nitrogens is 4. The van der Waals surface area contributed by atoms with Gasteiger partial charge in [-0.25, -0.2) is 4.79 Å². The molecule has 2 aromatic rings. The van der Waals surface area contributed by atoms with Gasteiger partial charge >= 0.3 is 6.03 Å². The number of aryl methyl sites for hydroxylation is 1. The Hall–Kier alpha value is -2.84. The zero-order valence-corrected chi connectivity index (χ0v) is 10.5. The molecule has 102 valence electrons. The maximum atomic E-state index is 11.4. The maximum absolute atomic E-state index is 11.4. The monoisotopic (exact) mass is 274 g/mol. The van der Waals surface area contributed by atoms with Crippen molar-refractivity contribution < 1.29 is 14.1 Å². The summed E-state index contributed by atoms with van der Waals surface area (Å²) in [5.41, 5.74) is 1.26. The van der Waals surface area contributed by atoms with Crippen molar-refractivity contribution in [1.82, 2.24) is 30.6 Å². The van der Waals surface area contributed by atoms with E-state index in [9.17, 15) is 9.59 Å². The molecule has 3 amide bonds. The van der Waals surface area contributed by atoms with Gasteiger partial charge in [0.15, 0.2) is 0 Å². The van der Waals surface area contributed by atoms with Crippen molar-refractivity contribution in [2.24, 2.45) is 0 Å². The molecule has 0 aromatic carbocycles. The molecule has 0 radical (unpaired) electrons. The van der Waals surface area contributed by atoms with E-state index in [1.807, 2.05) is 6.92 Å². The van der Waals surface area contributed by atoms with E-state index in [1.165, 1.54) is 4.90 Å². The molecule has 1 saturated heterocycles. The zero-order chi connectivity index (χ0) is 14.1. The van der Waals surface area contributed by atoms with E-state index in [-0.39, 0.29) is 24.9 Å². The highest BCUT2D eigenvalue weighted by molar-refractivity contribution is 6.01. The van der Waals surface area contributed by atoms with Crippen LogP contribution >= 0.6 is 0 Å². The number of imide groups is 1. The van der Waals surface area contributed by atoms with E-state index in [0.29, 0.717) is 11.5 Å². The summed E-state index contributed by atoms with van der Waals surface area (Å²) in [7, 11) is 0. The molecule has 1 aliphatic rings. The Labute approximate surface area is 113 Å². The van der Waals surface area contributed by atoms with Crippen LogP contribution in [0, 0.1) is 6.92 Å². The van der Waals surface area contributed by atoms with Gasteiger partial charge in [-0.05, 0) is 19.1 Å². The quantitative estimate of drug-likeness (QED) is 0.776. The Morgan fingerprint density at radius 3 is 2.85 bits per heavy atom. The molecule has 9 nitrogen and oxygen atoms in total. The lowest BCUT2D eigenvalue weighted by atomic mass is 10.3. The maximum Gasteiger partial charge on any atom is 0.325 e. The number of nitrogens with zero attached hydrogens (tertiary/aromatic N) is 5. The van der Waals surface area contributed by atoms with Gasteiger partial charge in [-0.1, -0.05) is 5.16 Å². The number of urea groups is 1. The minimum absolute atomic E-state index is 0.0130.